The monoisotopic (exact) mass is 376 g/mol. The molecule has 4 rings (SSSR count). The van der Waals surface area contributed by atoms with E-state index in [9.17, 15) is 10.2 Å². The summed E-state index contributed by atoms with van der Waals surface area (Å²) in [6.45, 7) is 1.98. The number of nitrogens with zero attached hydrogens (tertiary/aromatic N) is 3. The molecule has 0 radical (unpaired) electrons. The van der Waals surface area contributed by atoms with Crippen molar-refractivity contribution in [2.45, 2.75) is 50.9 Å². The normalized spacial score (nSPS) is 23.9. The molecule has 0 amide bonds. The van der Waals surface area contributed by atoms with Crippen LogP contribution in [0.4, 0.5) is 5.82 Å². The van der Waals surface area contributed by atoms with Crippen LogP contribution in [-0.4, -0.2) is 42.8 Å². The highest BCUT2D eigenvalue weighted by atomic mass is 32.1. The lowest BCUT2D eigenvalue weighted by atomic mass is 9.90. The van der Waals surface area contributed by atoms with E-state index in [4.69, 9.17) is 4.98 Å². The molecule has 8 heteroatoms. The quantitative estimate of drug-likeness (QED) is 0.649. The number of rotatable bonds is 4. The van der Waals surface area contributed by atoms with Crippen LogP contribution in [0.25, 0.3) is 10.2 Å². The Morgan fingerprint density at radius 1 is 1.24 bits per heavy atom. The zero-order chi connectivity index (χ0) is 17.4. The first-order valence-electron chi connectivity index (χ1n) is 8.37. The highest BCUT2D eigenvalue weighted by molar-refractivity contribution is 7.17. The third kappa shape index (κ3) is 3.67. The average Bonchev–Trinajstić information content (AvgIpc) is 3.20. The Bertz CT molecular complexity index is 879. The summed E-state index contributed by atoms with van der Waals surface area (Å²) < 4.78 is 5.35. The van der Waals surface area contributed by atoms with E-state index in [0.717, 1.165) is 38.9 Å². The fourth-order valence-corrected chi connectivity index (χ4v) is 4.71. The zero-order valence-corrected chi connectivity index (χ0v) is 15.5. The molecule has 3 aromatic rings. The van der Waals surface area contributed by atoms with Gasteiger partial charge < -0.3 is 15.5 Å². The number of fused-ring (bicyclic) bond motifs is 1. The van der Waals surface area contributed by atoms with Crippen molar-refractivity contribution in [2.75, 3.05) is 5.32 Å². The van der Waals surface area contributed by atoms with Crippen LogP contribution in [-0.2, 0) is 6.42 Å². The van der Waals surface area contributed by atoms with E-state index in [1.54, 1.807) is 11.3 Å². The van der Waals surface area contributed by atoms with Gasteiger partial charge in [-0.05, 0) is 55.2 Å². The second kappa shape index (κ2) is 6.95. The molecule has 0 aromatic carbocycles. The maximum atomic E-state index is 9.93. The number of aliphatic hydroxyl groups excluding tert-OH is 2. The van der Waals surface area contributed by atoms with Crippen molar-refractivity contribution < 1.29 is 10.2 Å². The number of nitrogens with one attached hydrogen (secondary N) is 1. The summed E-state index contributed by atoms with van der Waals surface area (Å²) in [6, 6.07) is 4.18. The van der Waals surface area contributed by atoms with Gasteiger partial charge in [0, 0.05) is 17.3 Å². The summed E-state index contributed by atoms with van der Waals surface area (Å²) >= 11 is 3.10. The Kier molecular flexibility index (Phi) is 4.68. The van der Waals surface area contributed by atoms with Gasteiger partial charge >= 0.3 is 0 Å². The minimum absolute atomic E-state index is 0.108. The second-order valence-corrected chi connectivity index (χ2v) is 8.33. The molecule has 0 aliphatic heterocycles. The smallest absolute Gasteiger partial charge is 0.148 e. The molecule has 0 unspecified atom stereocenters. The predicted octanol–water partition coefficient (Wildman–Crippen LogP) is 2.73. The molecule has 3 N–H and O–H groups in total. The number of thiophene rings is 1. The molecule has 132 valence electrons. The molecule has 6 nitrogen and oxygen atoms in total. The Hall–Kier alpha value is -1.61. The Labute approximate surface area is 153 Å². The number of aromatic nitrogens is 3. The first-order chi connectivity index (χ1) is 12.1. The maximum absolute atomic E-state index is 9.93. The van der Waals surface area contributed by atoms with Crippen molar-refractivity contribution in [3.8, 4) is 0 Å². The first-order valence-corrected chi connectivity index (χ1v) is 10.0. The summed E-state index contributed by atoms with van der Waals surface area (Å²) in [6.07, 6.45) is 1.32. The van der Waals surface area contributed by atoms with Crippen LogP contribution in [0.1, 0.15) is 35.7 Å². The van der Waals surface area contributed by atoms with Crippen LogP contribution >= 0.6 is 22.9 Å². The molecule has 1 aliphatic carbocycles. The lowest BCUT2D eigenvalue weighted by Crippen LogP contribution is -2.39. The summed E-state index contributed by atoms with van der Waals surface area (Å²) in [4.78, 5) is 10.6. The topological polar surface area (TPSA) is 91.2 Å². The van der Waals surface area contributed by atoms with Crippen molar-refractivity contribution in [1.29, 1.82) is 0 Å². The molecule has 0 saturated heterocycles. The predicted molar refractivity (Wildman–Crippen MR) is 100 cm³/mol. The third-order valence-electron chi connectivity index (χ3n) is 4.48. The number of aryl methyl sites for hydroxylation is 1. The fourth-order valence-electron chi connectivity index (χ4n) is 3.20. The van der Waals surface area contributed by atoms with Crippen LogP contribution < -0.4 is 5.32 Å². The molecule has 1 fully saturated rings. The molecule has 1 aliphatic rings. The lowest BCUT2D eigenvalue weighted by Gasteiger charge is -2.31. The van der Waals surface area contributed by atoms with E-state index in [1.165, 1.54) is 11.5 Å². The van der Waals surface area contributed by atoms with E-state index >= 15 is 0 Å². The SMILES string of the molecule is Cc1cc(Cc2nc(N[C@@H]3CC[C@H](O)[C@@H](O)C3)c3sccc3n2)sn1. The molecule has 25 heavy (non-hydrogen) atoms. The van der Waals surface area contributed by atoms with Gasteiger partial charge in [0.1, 0.15) is 11.6 Å². The average molecular weight is 377 g/mol. The van der Waals surface area contributed by atoms with Gasteiger partial charge in [-0.15, -0.1) is 11.3 Å². The summed E-state index contributed by atoms with van der Waals surface area (Å²) in [5.41, 5.74) is 1.96. The minimum Gasteiger partial charge on any atom is -0.390 e. The van der Waals surface area contributed by atoms with Crippen molar-refractivity contribution in [3.05, 3.63) is 33.9 Å². The molecule has 3 atom stereocenters. The highest BCUT2D eigenvalue weighted by Crippen LogP contribution is 2.30. The van der Waals surface area contributed by atoms with Crippen molar-refractivity contribution in [1.82, 2.24) is 14.3 Å². The van der Waals surface area contributed by atoms with Gasteiger partial charge in [0.2, 0.25) is 0 Å². The van der Waals surface area contributed by atoms with Crippen LogP contribution in [0.2, 0.25) is 0 Å². The van der Waals surface area contributed by atoms with Crippen LogP contribution in [0.15, 0.2) is 17.5 Å². The molecular formula is C17H20N4O2S2. The van der Waals surface area contributed by atoms with E-state index in [-0.39, 0.29) is 6.04 Å². The lowest BCUT2D eigenvalue weighted by molar-refractivity contribution is -0.0120. The third-order valence-corrected chi connectivity index (χ3v) is 6.27. The Morgan fingerprint density at radius 2 is 2.12 bits per heavy atom. The van der Waals surface area contributed by atoms with Crippen LogP contribution in [0.5, 0.6) is 0 Å². The molecule has 3 heterocycles. The van der Waals surface area contributed by atoms with Crippen LogP contribution in [0, 0.1) is 6.92 Å². The van der Waals surface area contributed by atoms with Gasteiger partial charge in [-0.1, -0.05) is 0 Å². The van der Waals surface area contributed by atoms with Crippen molar-refractivity contribution in [2.24, 2.45) is 0 Å². The van der Waals surface area contributed by atoms with E-state index in [0.29, 0.717) is 19.3 Å². The molecule has 0 spiro atoms. The van der Waals surface area contributed by atoms with E-state index in [2.05, 4.69) is 20.7 Å². The van der Waals surface area contributed by atoms with Gasteiger partial charge in [0.05, 0.1) is 28.1 Å². The summed E-state index contributed by atoms with van der Waals surface area (Å²) in [5.74, 6) is 1.60. The van der Waals surface area contributed by atoms with E-state index < -0.39 is 12.2 Å². The molecular weight excluding hydrogens is 356 g/mol. The minimum atomic E-state index is -0.674. The second-order valence-electron chi connectivity index (χ2n) is 6.52. The zero-order valence-electron chi connectivity index (χ0n) is 13.8. The summed E-state index contributed by atoms with van der Waals surface area (Å²) in [7, 11) is 0. The van der Waals surface area contributed by atoms with E-state index in [1.807, 2.05) is 18.4 Å². The first kappa shape index (κ1) is 16.8. The number of anilines is 1. The number of hydrogen-bond acceptors (Lipinski definition) is 8. The van der Waals surface area contributed by atoms with Gasteiger partial charge in [0.25, 0.3) is 0 Å². The molecule has 3 aromatic heterocycles. The van der Waals surface area contributed by atoms with Gasteiger partial charge in [-0.25, -0.2) is 9.97 Å². The summed E-state index contributed by atoms with van der Waals surface area (Å²) in [5, 5.41) is 25.1. The highest BCUT2D eigenvalue weighted by Gasteiger charge is 2.28. The largest absolute Gasteiger partial charge is 0.390 e. The molecule has 0 bridgehead atoms. The number of aliphatic hydroxyl groups is 2. The van der Waals surface area contributed by atoms with Gasteiger partial charge in [0.15, 0.2) is 0 Å². The molecule has 1 saturated carbocycles. The van der Waals surface area contributed by atoms with Gasteiger partial charge in [-0.3, -0.25) is 0 Å². The Morgan fingerprint density at radius 3 is 2.88 bits per heavy atom. The standard InChI is InChI=1S/C17H20N4O2S2/c1-9-6-11(25-21-9)8-15-19-12-4-5-24-16(12)17(20-15)18-10-2-3-13(22)14(23)7-10/h4-6,10,13-14,22-23H,2-3,7-8H2,1H3,(H,18,19,20)/t10-,13+,14+/m1/s1. The van der Waals surface area contributed by atoms with Crippen molar-refractivity contribution in [3.63, 3.8) is 0 Å². The van der Waals surface area contributed by atoms with Crippen LogP contribution in [0.3, 0.4) is 0 Å². The maximum Gasteiger partial charge on any atom is 0.148 e. The Balaban J connectivity index is 1.60. The fraction of sp³-hybridized carbons (Fsp3) is 0.471. The van der Waals surface area contributed by atoms with Gasteiger partial charge in [-0.2, -0.15) is 4.37 Å². The number of hydrogen-bond donors (Lipinski definition) is 3. The van der Waals surface area contributed by atoms with Crippen molar-refractivity contribution >= 4 is 38.9 Å².